The molecule has 24 heavy (non-hydrogen) atoms. The van der Waals surface area contributed by atoms with E-state index in [1.807, 2.05) is 44.2 Å². The number of carbonyl (C=O) groups is 1. The third-order valence-corrected chi connectivity index (χ3v) is 3.43. The molecule has 2 aromatic carbocycles. The van der Waals surface area contributed by atoms with Gasteiger partial charge in [-0.05, 0) is 49.7 Å². The van der Waals surface area contributed by atoms with Crippen LogP contribution in [0.15, 0.2) is 42.5 Å². The standard InChI is InChI=1S/C19H23NO4/c1-4-23-18-9-8-15(12-14(18)2)19(21)20-10-11-24-17-7-5-6-16(13-17)22-3/h5-9,12-13H,4,10-11H2,1-3H3,(H,20,21). The van der Waals surface area contributed by atoms with Crippen LogP contribution in [0.5, 0.6) is 17.2 Å². The molecule has 0 aromatic heterocycles. The number of methoxy groups -OCH3 is 1. The Kier molecular flexibility index (Phi) is 6.49. The third-order valence-electron chi connectivity index (χ3n) is 3.43. The Labute approximate surface area is 142 Å². The van der Waals surface area contributed by atoms with Crippen LogP contribution in [0.1, 0.15) is 22.8 Å². The van der Waals surface area contributed by atoms with E-state index in [-0.39, 0.29) is 5.91 Å². The molecule has 1 N–H and O–H groups in total. The Balaban J connectivity index is 1.81. The van der Waals surface area contributed by atoms with Crippen molar-refractivity contribution < 1.29 is 19.0 Å². The van der Waals surface area contributed by atoms with Gasteiger partial charge in [-0.25, -0.2) is 0 Å². The number of hydrogen-bond acceptors (Lipinski definition) is 4. The molecule has 0 aliphatic heterocycles. The van der Waals surface area contributed by atoms with Crippen LogP contribution in [0, 0.1) is 6.92 Å². The summed E-state index contributed by atoms with van der Waals surface area (Å²) in [5.74, 6) is 2.12. The molecule has 0 aliphatic rings. The number of hydrogen-bond donors (Lipinski definition) is 1. The monoisotopic (exact) mass is 329 g/mol. The predicted octanol–water partition coefficient (Wildman–Crippen LogP) is 3.21. The lowest BCUT2D eigenvalue weighted by molar-refractivity contribution is 0.0947. The SMILES string of the molecule is CCOc1ccc(C(=O)NCCOc2cccc(OC)c2)cc1C. The molecule has 0 bridgehead atoms. The van der Waals surface area contributed by atoms with Crippen LogP contribution >= 0.6 is 0 Å². The summed E-state index contributed by atoms with van der Waals surface area (Å²) in [5, 5.41) is 2.84. The quantitative estimate of drug-likeness (QED) is 0.756. The second kappa shape index (κ2) is 8.82. The molecule has 1 amide bonds. The van der Waals surface area contributed by atoms with Gasteiger partial charge in [0, 0.05) is 11.6 Å². The first kappa shape index (κ1) is 17.7. The molecular formula is C19H23NO4. The Bertz CT molecular complexity index is 685. The van der Waals surface area contributed by atoms with Crippen molar-refractivity contribution in [3.05, 3.63) is 53.6 Å². The van der Waals surface area contributed by atoms with Crippen LogP contribution in [0.3, 0.4) is 0 Å². The van der Waals surface area contributed by atoms with Gasteiger partial charge in [-0.15, -0.1) is 0 Å². The van der Waals surface area contributed by atoms with Gasteiger partial charge in [0.15, 0.2) is 0 Å². The minimum absolute atomic E-state index is 0.129. The molecule has 0 saturated carbocycles. The number of ether oxygens (including phenoxy) is 3. The van der Waals surface area contributed by atoms with Gasteiger partial charge in [0.05, 0.1) is 20.3 Å². The Morgan fingerprint density at radius 3 is 2.58 bits per heavy atom. The first-order valence-corrected chi connectivity index (χ1v) is 7.92. The minimum atomic E-state index is -0.129. The largest absolute Gasteiger partial charge is 0.497 e. The zero-order valence-corrected chi connectivity index (χ0v) is 14.3. The minimum Gasteiger partial charge on any atom is -0.497 e. The van der Waals surface area contributed by atoms with Gasteiger partial charge in [0.25, 0.3) is 5.91 Å². The van der Waals surface area contributed by atoms with E-state index in [0.717, 1.165) is 17.1 Å². The fourth-order valence-electron chi connectivity index (χ4n) is 2.23. The van der Waals surface area contributed by atoms with Crippen LogP contribution in [0.2, 0.25) is 0 Å². The lowest BCUT2D eigenvalue weighted by atomic mass is 10.1. The van der Waals surface area contributed by atoms with Gasteiger partial charge in [0.1, 0.15) is 23.9 Å². The van der Waals surface area contributed by atoms with Crippen molar-refractivity contribution >= 4 is 5.91 Å². The number of amides is 1. The highest BCUT2D eigenvalue weighted by atomic mass is 16.5. The molecule has 0 fully saturated rings. The highest BCUT2D eigenvalue weighted by molar-refractivity contribution is 5.94. The molecule has 2 rings (SSSR count). The lowest BCUT2D eigenvalue weighted by Gasteiger charge is -2.10. The van der Waals surface area contributed by atoms with E-state index in [2.05, 4.69) is 5.32 Å². The lowest BCUT2D eigenvalue weighted by Crippen LogP contribution is -2.28. The number of aryl methyl sites for hydroxylation is 1. The van der Waals surface area contributed by atoms with Crippen molar-refractivity contribution in [3.63, 3.8) is 0 Å². The summed E-state index contributed by atoms with van der Waals surface area (Å²) in [7, 11) is 1.61. The van der Waals surface area contributed by atoms with E-state index in [9.17, 15) is 4.79 Å². The zero-order chi connectivity index (χ0) is 17.4. The molecule has 5 heteroatoms. The molecule has 0 saturated heterocycles. The first-order valence-electron chi connectivity index (χ1n) is 7.92. The predicted molar refractivity (Wildman–Crippen MR) is 93.2 cm³/mol. The Hall–Kier alpha value is -2.69. The number of nitrogens with one attached hydrogen (secondary N) is 1. The van der Waals surface area contributed by atoms with E-state index in [4.69, 9.17) is 14.2 Å². The number of rotatable bonds is 8. The summed E-state index contributed by atoms with van der Waals surface area (Å²) in [5.41, 5.74) is 1.55. The average molecular weight is 329 g/mol. The molecule has 0 atom stereocenters. The van der Waals surface area contributed by atoms with Gasteiger partial charge in [-0.2, -0.15) is 0 Å². The van der Waals surface area contributed by atoms with Crippen molar-refractivity contribution in [2.75, 3.05) is 26.9 Å². The van der Waals surface area contributed by atoms with Crippen LogP contribution < -0.4 is 19.5 Å². The number of benzene rings is 2. The molecule has 128 valence electrons. The number of carbonyl (C=O) groups excluding carboxylic acids is 1. The summed E-state index contributed by atoms with van der Waals surface area (Å²) < 4.78 is 16.2. The molecule has 0 aliphatic carbocycles. The summed E-state index contributed by atoms with van der Waals surface area (Å²) in [6, 6.07) is 12.8. The van der Waals surface area contributed by atoms with E-state index in [1.165, 1.54) is 0 Å². The van der Waals surface area contributed by atoms with Crippen LogP contribution in [0.25, 0.3) is 0 Å². The first-order chi connectivity index (χ1) is 11.6. The second-order valence-electron chi connectivity index (χ2n) is 5.20. The van der Waals surface area contributed by atoms with Crippen molar-refractivity contribution in [1.82, 2.24) is 5.32 Å². The van der Waals surface area contributed by atoms with Crippen molar-refractivity contribution in [1.29, 1.82) is 0 Å². The van der Waals surface area contributed by atoms with Crippen molar-refractivity contribution in [2.24, 2.45) is 0 Å². The summed E-state index contributed by atoms with van der Waals surface area (Å²) >= 11 is 0. The summed E-state index contributed by atoms with van der Waals surface area (Å²) in [4.78, 5) is 12.2. The van der Waals surface area contributed by atoms with Gasteiger partial charge < -0.3 is 19.5 Å². The molecule has 0 spiro atoms. The zero-order valence-electron chi connectivity index (χ0n) is 14.3. The summed E-state index contributed by atoms with van der Waals surface area (Å²) in [6.45, 7) is 5.27. The molecule has 0 heterocycles. The van der Waals surface area contributed by atoms with Gasteiger partial charge in [-0.1, -0.05) is 6.07 Å². The smallest absolute Gasteiger partial charge is 0.251 e. The van der Waals surface area contributed by atoms with Crippen LogP contribution in [0.4, 0.5) is 0 Å². The van der Waals surface area contributed by atoms with E-state index >= 15 is 0 Å². The van der Waals surface area contributed by atoms with E-state index < -0.39 is 0 Å². The fourth-order valence-corrected chi connectivity index (χ4v) is 2.23. The van der Waals surface area contributed by atoms with E-state index in [0.29, 0.717) is 31.1 Å². The topological polar surface area (TPSA) is 56.8 Å². The average Bonchev–Trinajstić information content (AvgIpc) is 2.60. The second-order valence-corrected chi connectivity index (χ2v) is 5.20. The fraction of sp³-hybridized carbons (Fsp3) is 0.316. The van der Waals surface area contributed by atoms with Crippen molar-refractivity contribution in [3.8, 4) is 17.2 Å². The van der Waals surface area contributed by atoms with E-state index in [1.54, 1.807) is 19.2 Å². The van der Waals surface area contributed by atoms with Gasteiger partial charge >= 0.3 is 0 Å². The molecule has 5 nitrogen and oxygen atoms in total. The molecule has 0 radical (unpaired) electrons. The highest BCUT2D eigenvalue weighted by Gasteiger charge is 2.08. The van der Waals surface area contributed by atoms with Crippen LogP contribution in [-0.2, 0) is 0 Å². The van der Waals surface area contributed by atoms with Gasteiger partial charge in [-0.3, -0.25) is 4.79 Å². The van der Waals surface area contributed by atoms with Crippen LogP contribution in [-0.4, -0.2) is 32.8 Å². The molecular weight excluding hydrogens is 306 g/mol. The third kappa shape index (κ3) is 4.91. The maximum absolute atomic E-state index is 12.2. The Morgan fingerprint density at radius 1 is 1.08 bits per heavy atom. The normalized spacial score (nSPS) is 10.1. The Morgan fingerprint density at radius 2 is 1.88 bits per heavy atom. The molecule has 2 aromatic rings. The highest BCUT2D eigenvalue weighted by Crippen LogP contribution is 2.19. The van der Waals surface area contributed by atoms with Crippen molar-refractivity contribution in [2.45, 2.75) is 13.8 Å². The maximum atomic E-state index is 12.2. The molecule has 0 unspecified atom stereocenters. The summed E-state index contributed by atoms with van der Waals surface area (Å²) in [6.07, 6.45) is 0. The van der Waals surface area contributed by atoms with Gasteiger partial charge in [0.2, 0.25) is 0 Å². The maximum Gasteiger partial charge on any atom is 0.251 e.